The fourth-order valence-electron chi connectivity index (χ4n) is 2.04. The van der Waals surface area contributed by atoms with Crippen LogP contribution in [0.15, 0.2) is 30.5 Å². The molecule has 0 saturated heterocycles. The van der Waals surface area contributed by atoms with Gasteiger partial charge in [0.25, 0.3) is 0 Å². The van der Waals surface area contributed by atoms with Crippen molar-refractivity contribution >= 4 is 16.8 Å². The Hall–Kier alpha value is -1.81. The number of aromatic nitrogens is 1. The number of para-hydroxylation sites is 1. The second-order valence-corrected chi connectivity index (χ2v) is 4.52. The highest BCUT2D eigenvalue weighted by atomic mass is 16.3. The van der Waals surface area contributed by atoms with Crippen molar-refractivity contribution < 1.29 is 9.90 Å². The minimum absolute atomic E-state index is 0.00714. The van der Waals surface area contributed by atoms with Crippen molar-refractivity contribution in [1.82, 2.24) is 10.3 Å². The van der Waals surface area contributed by atoms with Gasteiger partial charge in [-0.05, 0) is 25.0 Å². The predicted molar refractivity (Wildman–Crippen MR) is 71.3 cm³/mol. The molecule has 0 bridgehead atoms. The molecule has 1 atom stereocenters. The molecular formula is C14H18N2O2. The van der Waals surface area contributed by atoms with E-state index in [1.807, 2.05) is 37.4 Å². The lowest BCUT2D eigenvalue weighted by Gasteiger charge is -2.11. The topological polar surface area (TPSA) is 65.1 Å². The summed E-state index contributed by atoms with van der Waals surface area (Å²) in [5, 5.41) is 12.7. The molecule has 1 aromatic carbocycles. The van der Waals surface area contributed by atoms with E-state index in [0.717, 1.165) is 16.5 Å². The molecule has 0 aliphatic carbocycles. The first kappa shape index (κ1) is 12.6. The molecule has 0 saturated carbocycles. The number of H-pyrrole nitrogens is 1. The van der Waals surface area contributed by atoms with Gasteiger partial charge in [0.15, 0.2) is 0 Å². The lowest BCUT2D eigenvalue weighted by Crippen LogP contribution is -2.34. The zero-order chi connectivity index (χ0) is 13.0. The standard InChI is InChI=1S/C14H18N2O2/c1-10(6-7-17)16-14(18)8-11-9-15-13-5-3-2-4-12(11)13/h2-5,9-10,15,17H,6-8H2,1H3,(H,16,18). The lowest BCUT2D eigenvalue weighted by molar-refractivity contribution is -0.121. The number of benzene rings is 1. The van der Waals surface area contributed by atoms with E-state index < -0.39 is 0 Å². The summed E-state index contributed by atoms with van der Waals surface area (Å²) in [5.41, 5.74) is 2.04. The van der Waals surface area contributed by atoms with Crippen molar-refractivity contribution in [3.8, 4) is 0 Å². The first-order valence-corrected chi connectivity index (χ1v) is 6.16. The number of amides is 1. The van der Waals surface area contributed by atoms with Crippen LogP contribution in [0, 0.1) is 0 Å². The van der Waals surface area contributed by atoms with Crippen LogP contribution in [0.1, 0.15) is 18.9 Å². The maximum atomic E-state index is 11.8. The number of hydrogen-bond acceptors (Lipinski definition) is 2. The molecule has 2 rings (SSSR count). The van der Waals surface area contributed by atoms with Gasteiger partial charge in [-0.3, -0.25) is 4.79 Å². The van der Waals surface area contributed by atoms with E-state index in [0.29, 0.717) is 12.8 Å². The molecule has 96 valence electrons. The molecule has 4 nitrogen and oxygen atoms in total. The number of aliphatic hydroxyl groups is 1. The summed E-state index contributed by atoms with van der Waals surface area (Å²) in [6.07, 6.45) is 2.82. The zero-order valence-electron chi connectivity index (χ0n) is 10.4. The number of carbonyl (C=O) groups is 1. The van der Waals surface area contributed by atoms with E-state index in [1.54, 1.807) is 0 Å². The summed E-state index contributed by atoms with van der Waals surface area (Å²) in [4.78, 5) is 15.0. The monoisotopic (exact) mass is 246 g/mol. The Balaban J connectivity index is 2.03. The minimum Gasteiger partial charge on any atom is -0.396 e. The van der Waals surface area contributed by atoms with Crippen LogP contribution in [0.5, 0.6) is 0 Å². The van der Waals surface area contributed by atoms with Gasteiger partial charge >= 0.3 is 0 Å². The van der Waals surface area contributed by atoms with Gasteiger partial charge in [0.1, 0.15) is 0 Å². The van der Waals surface area contributed by atoms with Crippen LogP contribution in [-0.4, -0.2) is 28.6 Å². The van der Waals surface area contributed by atoms with Crippen LogP contribution in [0.2, 0.25) is 0 Å². The van der Waals surface area contributed by atoms with Gasteiger partial charge < -0.3 is 15.4 Å². The third-order valence-electron chi connectivity index (χ3n) is 3.00. The third kappa shape index (κ3) is 2.90. The summed E-state index contributed by atoms with van der Waals surface area (Å²) in [6, 6.07) is 7.93. The fourth-order valence-corrected chi connectivity index (χ4v) is 2.04. The van der Waals surface area contributed by atoms with E-state index in [2.05, 4.69) is 10.3 Å². The highest BCUT2D eigenvalue weighted by Crippen LogP contribution is 2.17. The first-order valence-electron chi connectivity index (χ1n) is 6.16. The van der Waals surface area contributed by atoms with E-state index in [9.17, 15) is 4.79 Å². The highest BCUT2D eigenvalue weighted by Gasteiger charge is 2.10. The number of aliphatic hydroxyl groups excluding tert-OH is 1. The van der Waals surface area contributed by atoms with Gasteiger partial charge in [0, 0.05) is 29.7 Å². The molecule has 0 radical (unpaired) electrons. The van der Waals surface area contributed by atoms with Gasteiger partial charge in [-0.2, -0.15) is 0 Å². The molecule has 1 heterocycles. The number of rotatable bonds is 5. The lowest BCUT2D eigenvalue weighted by atomic mass is 10.1. The number of hydrogen-bond donors (Lipinski definition) is 3. The van der Waals surface area contributed by atoms with E-state index in [1.165, 1.54) is 0 Å². The molecular weight excluding hydrogens is 228 g/mol. The predicted octanol–water partition coefficient (Wildman–Crippen LogP) is 1.60. The van der Waals surface area contributed by atoms with Crippen LogP contribution in [0.4, 0.5) is 0 Å². The molecule has 4 heteroatoms. The first-order chi connectivity index (χ1) is 8.70. The van der Waals surface area contributed by atoms with Crippen LogP contribution >= 0.6 is 0 Å². The Labute approximate surface area is 106 Å². The molecule has 1 unspecified atom stereocenters. The number of nitrogens with one attached hydrogen (secondary N) is 2. The molecule has 0 fully saturated rings. The van der Waals surface area contributed by atoms with Crippen molar-refractivity contribution in [3.63, 3.8) is 0 Å². The second kappa shape index (κ2) is 5.69. The summed E-state index contributed by atoms with van der Waals surface area (Å²) >= 11 is 0. The van der Waals surface area contributed by atoms with Gasteiger partial charge in [-0.25, -0.2) is 0 Å². The third-order valence-corrected chi connectivity index (χ3v) is 3.00. The van der Waals surface area contributed by atoms with Crippen LogP contribution < -0.4 is 5.32 Å². The Bertz CT molecular complexity index is 533. The maximum absolute atomic E-state index is 11.8. The van der Waals surface area contributed by atoms with Crippen molar-refractivity contribution in [2.24, 2.45) is 0 Å². The summed E-state index contributed by atoms with van der Waals surface area (Å²) in [5.74, 6) is -0.0132. The molecule has 0 aliphatic rings. The minimum atomic E-state index is -0.0132. The molecule has 0 aliphatic heterocycles. The Morgan fingerprint density at radius 1 is 1.44 bits per heavy atom. The molecule has 18 heavy (non-hydrogen) atoms. The Morgan fingerprint density at radius 3 is 3.00 bits per heavy atom. The smallest absolute Gasteiger partial charge is 0.224 e. The van der Waals surface area contributed by atoms with Gasteiger partial charge in [0.05, 0.1) is 6.42 Å². The van der Waals surface area contributed by atoms with Crippen LogP contribution in [-0.2, 0) is 11.2 Å². The number of aromatic amines is 1. The average molecular weight is 246 g/mol. The molecule has 1 aromatic heterocycles. The highest BCUT2D eigenvalue weighted by molar-refractivity contribution is 5.88. The maximum Gasteiger partial charge on any atom is 0.224 e. The van der Waals surface area contributed by atoms with Gasteiger partial charge in [-0.15, -0.1) is 0 Å². The van der Waals surface area contributed by atoms with Crippen molar-refractivity contribution in [3.05, 3.63) is 36.0 Å². The summed E-state index contributed by atoms with van der Waals surface area (Å²) in [6.45, 7) is 1.98. The summed E-state index contributed by atoms with van der Waals surface area (Å²) < 4.78 is 0. The molecule has 2 aromatic rings. The number of carbonyl (C=O) groups excluding carboxylic acids is 1. The molecule has 0 spiro atoms. The Morgan fingerprint density at radius 2 is 2.22 bits per heavy atom. The largest absolute Gasteiger partial charge is 0.396 e. The van der Waals surface area contributed by atoms with E-state index >= 15 is 0 Å². The number of fused-ring (bicyclic) bond motifs is 1. The van der Waals surface area contributed by atoms with E-state index in [4.69, 9.17) is 5.11 Å². The molecule has 3 N–H and O–H groups in total. The van der Waals surface area contributed by atoms with Crippen molar-refractivity contribution in [2.45, 2.75) is 25.8 Å². The summed E-state index contributed by atoms with van der Waals surface area (Å²) in [7, 11) is 0. The quantitative estimate of drug-likeness (QED) is 0.750. The van der Waals surface area contributed by atoms with Crippen LogP contribution in [0.25, 0.3) is 10.9 Å². The van der Waals surface area contributed by atoms with Crippen LogP contribution in [0.3, 0.4) is 0 Å². The Kier molecular flexibility index (Phi) is 3.99. The van der Waals surface area contributed by atoms with Crippen molar-refractivity contribution in [1.29, 1.82) is 0 Å². The average Bonchev–Trinajstić information content (AvgIpc) is 2.73. The van der Waals surface area contributed by atoms with Gasteiger partial charge in [-0.1, -0.05) is 18.2 Å². The van der Waals surface area contributed by atoms with Gasteiger partial charge in [0.2, 0.25) is 5.91 Å². The SMILES string of the molecule is CC(CCO)NC(=O)Cc1c[nH]c2ccccc12. The zero-order valence-corrected chi connectivity index (χ0v) is 10.4. The fraction of sp³-hybridized carbons (Fsp3) is 0.357. The van der Waals surface area contributed by atoms with Crippen molar-refractivity contribution in [2.75, 3.05) is 6.61 Å². The normalized spacial score (nSPS) is 12.6. The van der Waals surface area contributed by atoms with E-state index in [-0.39, 0.29) is 18.6 Å². The molecule has 1 amide bonds. The second-order valence-electron chi connectivity index (χ2n) is 4.52.